The molecule has 0 aliphatic rings. The summed E-state index contributed by atoms with van der Waals surface area (Å²) < 4.78 is 0. The van der Waals surface area contributed by atoms with Gasteiger partial charge in [0.05, 0.1) is 19.0 Å². The van der Waals surface area contributed by atoms with Crippen molar-refractivity contribution in [1.29, 1.82) is 5.26 Å². The minimum absolute atomic E-state index is 0. The summed E-state index contributed by atoms with van der Waals surface area (Å²) in [5.74, 6) is 9.84. The number of rotatable bonds is 2. The van der Waals surface area contributed by atoms with Gasteiger partial charge in [0, 0.05) is 0 Å². The maximum Gasteiger partial charge on any atom is 0.345 e. The van der Waals surface area contributed by atoms with Crippen LogP contribution in [0, 0.1) is 11.3 Å². The maximum absolute atomic E-state index is 10.5. The number of hydrogen-bond acceptors (Lipinski definition) is 4. The Morgan fingerprint density at radius 2 is 2.08 bits per heavy atom. The van der Waals surface area contributed by atoms with Crippen LogP contribution in [0.4, 0.5) is 4.79 Å². The first-order valence-electron chi connectivity index (χ1n) is 2.62. The summed E-state index contributed by atoms with van der Waals surface area (Å²) in [7, 11) is 0. The van der Waals surface area contributed by atoms with E-state index in [1.165, 1.54) is 0 Å². The lowest BCUT2D eigenvalue weighted by molar-refractivity contribution is 0.200. The molecule has 0 fully saturated rings. The van der Waals surface area contributed by atoms with Gasteiger partial charge in [-0.25, -0.2) is 16.5 Å². The van der Waals surface area contributed by atoms with Crippen molar-refractivity contribution < 1.29 is 4.79 Å². The smallest absolute Gasteiger partial charge is 0.275 e. The van der Waals surface area contributed by atoms with Gasteiger partial charge >= 0.3 is 6.03 Å². The fourth-order valence-corrected chi connectivity index (χ4v) is 0.355. The van der Waals surface area contributed by atoms with Crippen LogP contribution >= 0.6 is 24.8 Å². The monoisotopic (exact) mass is 215 g/mol. The highest BCUT2D eigenvalue weighted by atomic mass is 35.5. The van der Waals surface area contributed by atoms with Crippen molar-refractivity contribution in [2.75, 3.05) is 6.54 Å². The van der Waals surface area contributed by atoms with Gasteiger partial charge in [0.1, 0.15) is 0 Å². The summed E-state index contributed by atoms with van der Waals surface area (Å²) in [5, 5.41) is 8.91. The molecule has 0 aromatic heterocycles. The second-order valence-corrected chi connectivity index (χ2v) is 1.55. The molecule has 0 saturated heterocycles. The fraction of sp³-hybridized carbons (Fsp3) is 0.500. The van der Waals surface area contributed by atoms with Crippen molar-refractivity contribution >= 4 is 30.8 Å². The standard InChI is InChI=1S/C4H9N5O.2ClH/c5-2-1-3-9(7)4(10)8-6;;/h1,3,6-7H2,(H,8,10);2*1H. The van der Waals surface area contributed by atoms with Crippen molar-refractivity contribution in [2.45, 2.75) is 6.42 Å². The SMILES string of the molecule is Cl.Cl.N#CCCN(N)C(=O)NN. The predicted molar refractivity (Wildman–Crippen MR) is 48.3 cm³/mol. The molecule has 0 bridgehead atoms. The number of carbonyl (C=O) groups excluding carboxylic acids is 1. The van der Waals surface area contributed by atoms with Gasteiger partial charge in [0.15, 0.2) is 0 Å². The highest BCUT2D eigenvalue weighted by Crippen LogP contribution is 1.81. The van der Waals surface area contributed by atoms with Crippen molar-refractivity contribution in [3.8, 4) is 6.07 Å². The zero-order valence-corrected chi connectivity index (χ0v) is 7.82. The van der Waals surface area contributed by atoms with Crippen LogP contribution in [0.15, 0.2) is 0 Å². The highest BCUT2D eigenvalue weighted by Gasteiger charge is 2.04. The van der Waals surface area contributed by atoms with Gasteiger partial charge in [0.2, 0.25) is 0 Å². The van der Waals surface area contributed by atoms with Crippen LogP contribution in [0.5, 0.6) is 0 Å². The van der Waals surface area contributed by atoms with Crippen molar-refractivity contribution in [3.63, 3.8) is 0 Å². The molecule has 5 N–H and O–H groups in total. The molecular formula is C4H11Cl2N5O. The van der Waals surface area contributed by atoms with E-state index in [0.29, 0.717) is 0 Å². The molecule has 2 amide bonds. The average molecular weight is 216 g/mol. The van der Waals surface area contributed by atoms with Gasteiger partial charge in [-0.15, -0.1) is 24.8 Å². The van der Waals surface area contributed by atoms with Crippen LogP contribution in [0.2, 0.25) is 0 Å². The summed E-state index contributed by atoms with van der Waals surface area (Å²) in [5.41, 5.74) is 1.83. The minimum Gasteiger partial charge on any atom is -0.275 e. The second kappa shape index (κ2) is 10.3. The quantitative estimate of drug-likeness (QED) is 0.328. The maximum atomic E-state index is 10.5. The van der Waals surface area contributed by atoms with Crippen LogP contribution < -0.4 is 17.1 Å². The van der Waals surface area contributed by atoms with E-state index in [4.69, 9.17) is 16.9 Å². The van der Waals surface area contributed by atoms with Gasteiger partial charge in [-0.1, -0.05) is 0 Å². The van der Waals surface area contributed by atoms with Gasteiger partial charge in [-0.3, -0.25) is 10.4 Å². The number of hydrogen-bond donors (Lipinski definition) is 3. The van der Waals surface area contributed by atoms with E-state index >= 15 is 0 Å². The molecule has 0 aliphatic carbocycles. The lowest BCUT2D eigenvalue weighted by Gasteiger charge is -2.12. The number of halogens is 2. The Hall–Kier alpha value is -0.740. The number of nitrogens with one attached hydrogen (secondary N) is 1. The minimum atomic E-state index is -0.602. The molecule has 0 unspecified atom stereocenters. The van der Waals surface area contributed by atoms with E-state index in [2.05, 4.69) is 0 Å². The van der Waals surface area contributed by atoms with Crippen LogP contribution in [0.1, 0.15) is 6.42 Å². The summed E-state index contributed by atoms with van der Waals surface area (Å²) in [6, 6.07) is 1.23. The predicted octanol–water partition coefficient (Wildman–Crippen LogP) is -0.497. The summed E-state index contributed by atoms with van der Waals surface area (Å²) >= 11 is 0. The number of nitrogens with zero attached hydrogens (tertiary/aromatic N) is 2. The van der Waals surface area contributed by atoms with E-state index in [-0.39, 0.29) is 37.8 Å². The first-order chi connectivity index (χ1) is 4.72. The van der Waals surface area contributed by atoms with Gasteiger partial charge < -0.3 is 0 Å². The van der Waals surface area contributed by atoms with Gasteiger partial charge in [-0.2, -0.15) is 5.26 Å². The third-order valence-corrected chi connectivity index (χ3v) is 0.849. The zero-order valence-electron chi connectivity index (χ0n) is 6.19. The van der Waals surface area contributed by atoms with Crippen LogP contribution in [0.3, 0.4) is 0 Å². The second-order valence-electron chi connectivity index (χ2n) is 1.55. The average Bonchev–Trinajstić information content (AvgIpc) is 1.98. The van der Waals surface area contributed by atoms with Gasteiger partial charge in [-0.05, 0) is 0 Å². The first kappa shape index (κ1) is 17.4. The van der Waals surface area contributed by atoms with E-state index in [1.807, 2.05) is 11.5 Å². The molecule has 0 saturated carbocycles. The lowest BCUT2D eigenvalue weighted by Crippen LogP contribution is -2.47. The molecule has 6 nitrogen and oxygen atoms in total. The molecule has 0 spiro atoms. The largest absolute Gasteiger partial charge is 0.345 e. The molecule has 0 aliphatic heterocycles. The number of hydrazine groups is 2. The summed E-state index contributed by atoms with van der Waals surface area (Å²) in [6.07, 6.45) is 0.198. The molecule has 0 radical (unpaired) electrons. The molecule has 8 heteroatoms. The van der Waals surface area contributed by atoms with Crippen LogP contribution in [-0.2, 0) is 0 Å². The Kier molecular flexibility index (Phi) is 14.9. The van der Waals surface area contributed by atoms with E-state index in [9.17, 15) is 4.79 Å². The molecule has 0 rings (SSSR count). The van der Waals surface area contributed by atoms with Crippen LogP contribution in [0.25, 0.3) is 0 Å². The fourth-order valence-electron chi connectivity index (χ4n) is 0.355. The topological polar surface area (TPSA) is 108 Å². The number of nitriles is 1. The summed E-state index contributed by atoms with van der Waals surface area (Å²) in [4.78, 5) is 10.5. The Labute approximate surface area is 82.6 Å². The van der Waals surface area contributed by atoms with E-state index in [0.717, 1.165) is 5.01 Å². The Morgan fingerprint density at radius 3 is 2.42 bits per heavy atom. The normalized spacial score (nSPS) is 6.75. The lowest BCUT2D eigenvalue weighted by atomic mass is 10.5. The number of carbonyl (C=O) groups is 1. The molecule has 0 aromatic carbocycles. The zero-order chi connectivity index (χ0) is 7.98. The summed E-state index contributed by atoms with van der Waals surface area (Å²) in [6.45, 7) is 0.180. The third-order valence-electron chi connectivity index (χ3n) is 0.849. The molecular weight excluding hydrogens is 205 g/mol. The highest BCUT2D eigenvalue weighted by molar-refractivity contribution is 5.85. The Morgan fingerprint density at radius 1 is 1.58 bits per heavy atom. The van der Waals surface area contributed by atoms with E-state index in [1.54, 1.807) is 0 Å². The van der Waals surface area contributed by atoms with Crippen molar-refractivity contribution in [2.24, 2.45) is 11.7 Å². The number of amides is 2. The third kappa shape index (κ3) is 7.37. The van der Waals surface area contributed by atoms with Gasteiger partial charge in [0.25, 0.3) is 0 Å². The molecule has 0 aromatic rings. The molecule has 0 atom stereocenters. The first-order valence-corrected chi connectivity index (χ1v) is 2.62. The Bertz CT molecular complexity index is 158. The van der Waals surface area contributed by atoms with Crippen LogP contribution in [-0.4, -0.2) is 17.6 Å². The molecule has 12 heavy (non-hydrogen) atoms. The van der Waals surface area contributed by atoms with Crippen molar-refractivity contribution in [3.05, 3.63) is 0 Å². The molecule has 72 valence electrons. The van der Waals surface area contributed by atoms with Crippen molar-refractivity contribution in [1.82, 2.24) is 10.4 Å². The number of nitrogens with two attached hydrogens (primary N) is 2. The van der Waals surface area contributed by atoms with E-state index < -0.39 is 6.03 Å². The Balaban J connectivity index is -0.000000405. The molecule has 0 heterocycles. The number of urea groups is 1.